The predicted molar refractivity (Wildman–Crippen MR) is 132 cm³/mol. The zero-order chi connectivity index (χ0) is 19.8. The first-order valence-electron chi connectivity index (χ1n) is 10.5. The van der Waals surface area contributed by atoms with Gasteiger partial charge >= 0.3 is 0 Å². The second kappa shape index (κ2) is 12.4. The number of hydrogen-bond acceptors (Lipinski definition) is 5. The molecule has 8 heteroatoms. The van der Waals surface area contributed by atoms with Crippen LogP contribution < -0.4 is 10.6 Å². The van der Waals surface area contributed by atoms with Crippen LogP contribution in [-0.2, 0) is 9.47 Å². The molecule has 29 heavy (non-hydrogen) atoms. The highest BCUT2D eigenvalue weighted by atomic mass is 127. The van der Waals surface area contributed by atoms with Crippen molar-refractivity contribution in [2.45, 2.75) is 44.8 Å². The number of rotatable bonds is 9. The molecule has 0 aromatic carbocycles. The average molecular weight is 537 g/mol. The van der Waals surface area contributed by atoms with E-state index in [2.05, 4.69) is 45.0 Å². The fraction of sp³-hybridized carbons (Fsp3) is 0.762. The monoisotopic (exact) mass is 536 g/mol. The highest BCUT2D eigenvalue weighted by molar-refractivity contribution is 14.0. The Morgan fingerprint density at radius 1 is 1.45 bits per heavy atom. The van der Waals surface area contributed by atoms with Gasteiger partial charge in [-0.15, -0.1) is 35.3 Å². The molecule has 2 heterocycles. The molecule has 0 radical (unpaired) electrons. The summed E-state index contributed by atoms with van der Waals surface area (Å²) in [5.41, 5.74) is 0.375. The van der Waals surface area contributed by atoms with Gasteiger partial charge in [-0.25, -0.2) is 0 Å². The molecule has 2 unspecified atom stereocenters. The molecule has 3 rings (SSSR count). The Morgan fingerprint density at radius 3 is 2.86 bits per heavy atom. The summed E-state index contributed by atoms with van der Waals surface area (Å²) in [4.78, 5) is 8.40. The van der Waals surface area contributed by atoms with Gasteiger partial charge in [-0.1, -0.05) is 12.5 Å². The minimum Gasteiger partial charge on any atom is -0.385 e. The molecule has 1 aliphatic heterocycles. The maximum Gasteiger partial charge on any atom is 0.191 e. The third-order valence-electron chi connectivity index (χ3n) is 6.15. The third-order valence-corrected chi connectivity index (χ3v) is 7.13. The number of ether oxygens (including phenoxy) is 2. The molecule has 2 fully saturated rings. The van der Waals surface area contributed by atoms with Gasteiger partial charge in [-0.3, -0.25) is 9.89 Å². The SMILES string of the molecule is CN=C(NCC(c1cccs1)N1CCOC(C)C1)NCC1(CCOC)CCC1.I. The highest BCUT2D eigenvalue weighted by Gasteiger charge is 2.36. The zero-order valence-electron chi connectivity index (χ0n) is 18.0. The lowest BCUT2D eigenvalue weighted by Crippen LogP contribution is -2.50. The first kappa shape index (κ1) is 24.8. The molecule has 1 aliphatic carbocycles. The van der Waals surface area contributed by atoms with E-state index in [-0.39, 0.29) is 30.1 Å². The third kappa shape index (κ3) is 7.05. The van der Waals surface area contributed by atoms with Crippen LogP contribution in [-0.4, -0.2) is 70.5 Å². The number of morpholine rings is 1. The minimum absolute atomic E-state index is 0. The fourth-order valence-electron chi connectivity index (χ4n) is 4.21. The maximum absolute atomic E-state index is 5.74. The summed E-state index contributed by atoms with van der Waals surface area (Å²) in [6, 6.07) is 4.72. The van der Waals surface area contributed by atoms with Gasteiger partial charge in [0.15, 0.2) is 5.96 Å². The Balaban J connectivity index is 0.00000300. The van der Waals surface area contributed by atoms with Gasteiger partial charge in [0.25, 0.3) is 0 Å². The number of thiophene rings is 1. The van der Waals surface area contributed by atoms with Gasteiger partial charge in [0.1, 0.15) is 0 Å². The zero-order valence-corrected chi connectivity index (χ0v) is 21.1. The van der Waals surface area contributed by atoms with Crippen molar-refractivity contribution < 1.29 is 9.47 Å². The summed E-state index contributed by atoms with van der Waals surface area (Å²) in [5, 5.41) is 9.32. The molecule has 0 amide bonds. The van der Waals surface area contributed by atoms with Gasteiger partial charge < -0.3 is 20.1 Å². The Kier molecular flexibility index (Phi) is 10.7. The number of methoxy groups -OCH3 is 1. The molecule has 0 spiro atoms. The van der Waals surface area contributed by atoms with Crippen molar-refractivity contribution in [3.8, 4) is 0 Å². The Hall–Kier alpha value is -0.420. The number of halogens is 1. The Bertz CT molecular complexity index is 610. The van der Waals surface area contributed by atoms with E-state index in [4.69, 9.17) is 9.47 Å². The summed E-state index contributed by atoms with van der Waals surface area (Å²) in [6.07, 6.45) is 5.30. The number of nitrogens with zero attached hydrogens (tertiary/aromatic N) is 2. The summed E-state index contributed by atoms with van der Waals surface area (Å²) in [5.74, 6) is 0.895. The van der Waals surface area contributed by atoms with E-state index in [0.717, 1.165) is 51.8 Å². The van der Waals surface area contributed by atoms with E-state index in [1.54, 1.807) is 7.11 Å². The molecule has 1 saturated carbocycles. The van der Waals surface area contributed by atoms with E-state index in [1.807, 2.05) is 18.4 Å². The number of aliphatic imine (C=N–C) groups is 1. The molecular formula is C21H37IN4O2S. The van der Waals surface area contributed by atoms with E-state index < -0.39 is 0 Å². The molecule has 166 valence electrons. The van der Waals surface area contributed by atoms with Crippen molar-refractivity contribution in [1.82, 2.24) is 15.5 Å². The van der Waals surface area contributed by atoms with Crippen LogP contribution >= 0.6 is 35.3 Å². The summed E-state index contributed by atoms with van der Waals surface area (Å²) in [7, 11) is 3.65. The number of nitrogens with one attached hydrogen (secondary N) is 2. The second-order valence-electron chi connectivity index (χ2n) is 8.11. The average Bonchev–Trinajstić information content (AvgIpc) is 3.20. The van der Waals surface area contributed by atoms with Crippen LogP contribution in [0.1, 0.15) is 43.5 Å². The van der Waals surface area contributed by atoms with E-state index in [1.165, 1.54) is 24.1 Å². The predicted octanol–water partition coefficient (Wildman–Crippen LogP) is 3.50. The lowest BCUT2D eigenvalue weighted by atomic mass is 9.67. The van der Waals surface area contributed by atoms with Gasteiger partial charge in [-0.2, -0.15) is 0 Å². The first-order chi connectivity index (χ1) is 13.7. The minimum atomic E-state index is 0. The molecule has 6 nitrogen and oxygen atoms in total. The van der Waals surface area contributed by atoms with E-state index in [0.29, 0.717) is 11.5 Å². The molecule has 2 atom stereocenters. The lowest BCUT2D eigenvalue weighted by Gasteiger charge is -2.42. The molecule has 1 saturated heterocycles. The van der Waals surface area contributed by atoms with Crippen molar-refractivity contribution in [1.29, 1.82) is 0 Å². The van der Waals surface area contributed by atoms with Crippen LogP contribution in [0.4, 0.5) is 0 Å². The number of guanidine groups is 1. The van der Waals surface area contributed by atoms with Gasteiger partial charge in [0.05, 0.1) is 18.8 Å². The van der Waals surface area contributed by atoms with Crippen LogP contribution in [0.25, 0.3) is 0 Å². The van der Waals surface area contributed by atoms with Crippen LogP contribution in [0.2, 0.25) is 0 Å². The van der Waals surface area contributed by atoms with Crippen molar-refractivity contribution in [3.05, 3.63) is 22.4 Å². The van der Waals surface area contributed by atoms with Crippen molar-refractivity contribution >= 4 is 41.3 Å². The van der Waals surface area contributed by atoms with Gasteiger partial charge in [-0.05, 0) is 43.0 Å². The lowest BCUT2D eigenvalue weighted by molar-refractivity contribution is -0.0334. The van der Waals surface area contributed by atoms with E-state index in [9.17, 15) is 0 Å². The maximum atomic E-state index is 5.74. The molecule has 0 bridgehead atoms. The normalized spacial score (nSPS) is 23.0. The first-order valence-corrected chi connectivity index (χ1v) is 11.4. The summed E-state index contributed by atoms with van der Waals surface area (Å²) < 4.78 is 11.1. The molecule has 1 aromatic rings. The van der Waals surface area contributed by atoms with Crippen LogP contribution in [0, 0.1) is 5.41 Å². The number of hydrogen-bond donors (Lipinski definition) is 2. The smallest absolute Gasteiger partial charge is 0.191 e. The van der Waals surface area contributed by atoms with Gasteiger partial charge in [0, 0.05) is 51.8 Å². The molecule has 1 aromatic heterocycles. The Morgan fingerprint density at radius 2 is 2.28 bits per heavy atom. The second-order valence-corrected chi connectivity index (χ2v) is 9.09. The Labute approximate surface area is 196 Å². The summed E-state index contributed by atoms with van der Waals surface area (Å²) >= 11 is 1.83. The van der Waals surface area contributed by atoms with Crippen LogP contribution in [0.3, 0.4) is 0 Å². The van der Waals surface area contributed by atoms with Gasteiger partial charge in [0.2, 0.25) is 0 Å². The van der Waals surface area contributed by atoms with Crippen molar-refractivity contribution in [3.63, 3.8) is 0 Å². The molecule has 2 aliphatic rings. The summed E-state index contributed by atoms with van der Waals surface area (Å²) in [6.45, 7) is 7.55. The van der Waals surface area contributed by atoms with Crippen molar-refractivity contribution in [2.24, 2.45) is 10.4 Å². The highest BCUT2D eigenvalue weighted by Crippen LogP contribution is 2.43. The standard InChI is InChI=1S/C21H36N4O2S.HI/c1-17-15-25(10-12-27-17)18(19-6-4-13-28-19)14-23-20(22-2)24-16-21(7-5-8-21)9-11-26-3;/h4,6,13,17-18H,5,7-12,14-16H2,1-3H3,(H2,22,23,24);1H. The van der Waals surface area contributed by atoms with E-state index >= 15 is 0 Å². The fourth-order valence-corrected chi connectivity index (χ4v) is 5.08. The van der Waals surface area contributed by atoms with Crippen LogP contribution in [0.15, 0.2) is 22.5 Å². The topological polar surface area (TPSA) is 58.1 Å². The van der Waals surface area contributed by atoms with Crippen LogP contribution in [0.5, 0.6) is 0 Å². The quantitative estimate of drug-likeness (QED) is 0.288. The van der Waals surface area contributed by atoms with Crippen molar-refractivity contribution in [2.75, 3.05) is 53.6 Å². The largest absolute Gasteiger partial charge is 0.385 e. The molecule has 2 N–H and O–H groups in total. The molecular weight excluding hydrogens is 499 g/mol.